The molecule has 3 N–H and O–H groups in total. The number of hydrazine groups is 1. The maximum atomic E-state index is 15.4. The van der Waals surface area contributed by atoms with Gasteiger partial charge in [-0.05, 0) is 40.2 Å². The third kappa shape index (κ3) is 6.29. The standard InChI is InChI=1S/C22H36FN7O3/c1-14-11-30(15(2)10-28(14)4)21-19(23)20(24-16(3)25-21)26-27-22(32)18(12-29(33)13-31)9-17-7-5-6-8-17/h13-15,17-18,33H,5-12H2,1-4H3,(H,27,32)(H,24,25,26)/t14-,15+,18+/m0/s1. The van der Waals surface area contributed by atoms with Gasteiger partial charge in [0.15, 0.2) is 11.6 Å². The van der Waals surface area contributed by atoms with Crippen LogP contribution < -0.4 is 15.8 Å². The largest absolute Gasteiger partial charge is 0.348 e. The van der Waals surface area contributed by atoms with E-state index in [9.17, 15) is 14.8 Å². The fraction of sp³-hybridized carbons (Fsp3) is 0.727. The number of hydrogen-bond acceptors (Lipinski definition) is 8. The molecule has 1 aromatic rings. The number of hydroxylamine groups is 2. The lowest BCUT2D eigenvalue weighted by Gasteiger charge is -2.43. The molecule has 2 aliphatic rings. The van der Waals surface area contributed by atoms with Gasteiger partial charge < -0.3 is 4.90 Å². The Morgan fingerprint density at radius 1 is 1.27 bits per heavy atom. The van der Waals surface area contributed by atoms with Crippen molar-refractivity contribution in [2.75, 3.05) is 37.0 Å². The number of rotatable bonds is 9. The molecule has 3 rings (SSSR count). The molecular formula is C22H36FN7O3. The molecule has 10 nitrogen and oxygen atoms in total. The summed E-state index contributed by atoms with van der Waals surface area (Å²) in [7, 11) is 2.04. The average molecular weight is 466 g/mol. The number of carbonyl (C=O) groups excluding carboxylic acids is 2. The molecule has 0 unspecified atom stereocenters. The van der Waals surface area contributed by atoms with Crippen molar-refractivity contribution < 1.29 is 19.2 Å². The van der Waals surface area contributed by atoms with Crippen LogP contribution in [-0.2, 0) is 9.59 Å². The SMILES string of the molecule is Cc1nc(NNC(=O)[C@H](CC2CCCC2)CN(O)C=O)c(F)c(N2C[C@H](C)N(C)C[C@H]2C)n1. The van der Waals surface area contributed by atoms with E-state index < -0.39 is 17.6 Å². The van der Waals surface area contributed by atoms with E-state index in [2.05, 4.69) is 32.6 Å². The number of carbonyl (C=O) groups is 2. The Kier molecular flexibility index (Phi) is 8.41. The minimum Gasteiger partial charge on any atom is -0.348 e. The van der Waals surface area contributed by atoms with Crippen LogP contribution >= 0.6 is 0 Å². The van der Waals surface area contributed by atoms with Crippen LogP contribution in [0.25, 0.3) is 0 Å². The number of nitrogens with zero attached hydrogens (tertiary/aromatic N) is 5. The smallest absolute Gasteiger partial charge is 0.243 e. The van der Waals surface area contributed by atoms with Crippen molar-refractivity contribution >= 4 is 24.0 Å². The van der Waals surface area contributed by atoms with E-state index in [0.717, 1.165) is 32.2 Å². The van der Waals surface area contributed by atoms with Crippen LogP contribution in [0, 0.1) is 24.6 Å². The van der Waals surface area contributed by atoms with E-state index in [0.29, 0.717) is 29.8 Å². The van der Waals surface area contributed by atoms with Gasteiger partial charge in [-0.15, -0.1) is 0 Å². The van der Waals surface area contributed by atoms with Crippen molar-refractivity contribution in [3.05, 3.63) is 11.6 Å². The first-order valence-electron chi connectivity index (χ1n) is 11.7. The lowest BCUT2D eigenvalue weighted by Crippen LogP contribution is -2.55. The van der Waals surface area contributed by atoms with Crippen LogP contribution in [0.15, 0.2) is 0 Å². The first-order valence-corrected chi connectivity index (χ1v) is 11.7. The molecule has 3 atom stereocenters. The molecule has 1 saturated heterocycles. The maximum absolute atomic E-state index is 15.4. The molecule has 2 amide bonds. The summed E-state index contributed by atoms with van der Waals surface area (Å²) >= 11 is 0. The monoisotopic (exact) mass is 465 g/mol. The number of anilines is 2. The Bertz CT molecular complexity index is 836. The molecule has 184 valence electrons. The minimum atomic E-state index is -0.631. The van der Waals surface area contributed by atoms with Crippen molar-refractivity contribution in [2.24, 2.45) is 11.8 Å². The summed E-state index contributed by atoms with van der Waals surface area (Å²) in [5.41, 5.74) is 5.14. The highest BCUT2D eigenvalue weighted by molar-refractivity contribution is 5.80. The summed E-state index contributed by atoms with van der Waals surface area (Å²) < 4.78 is 15.4. The van der Waals surface area contributed by atoms with E-state index in [1.165, 1.54) is 0 Å². The van der Waals surface area contributed by atoms with Crippen molar-refractivity contribution in [2.45, 2.75) is 65.0 Å². The fourth-order valence-corrected chi connectivity index (χ4v) is 4.82. The first-order chi connectivity index (χ1) is 15.7. The third-order valence-electron chi connectivity index (χ3n) is 6.81. The number of aryl methyl sites for hydroxylation is 1. The topological polar surface area (TPSA) is 114 Å². The van der Waals surface area contributed by atoms with E-state index >= 15 is 4.39 Å². The second-order valence-electron chi connectivity index (χ2n) is 9.47. The van der Waals surface area contributed by atoms with Gasteiger partial charge >= 0.3 is 0 Å². The summed E-state index contributed by atoms with van der Waals surface area (Å²) in [6.07, 6.45) is 5.10. The van der Waals surface area contributed by atoms with Gasteiger partial charge in [0.05, 0.1) is 12.5 Å². The molecule has 1 aliphatic heterocycles. The molecule has 0 aromatic carbocycles. The van der Waals surface area contributed by atoms with Crippen molar-refractivity contribution in [1.82, 2.24) is 25.4 Å². The second-order valence-corrected chi connectivity index (χ2v) is 9.47. The summed E-state index contributed by atoms with van der Waals surface area (Å²) in [5, 5.41) is 10.1. The predicted octanol–water partition coefficient (Wildman–Crippen LogP) is 1.94. The summed E-state index contributed by atoms with van der Waals surface area (Å²) in [5.74, 6) is -0.842. The summed E-state index contributed by atoms with van der Waals surface area (Å²) in [4.78, 5) is 36.4. The average Bonchev–Trinajstić information content (AvgIpc) is 3.29. The van der Waals surface area contributed by atoms with Crippen LogP contribution in [-0.4, -0.2) is 76.2 Å². The predicted molar refractivity (Wildman–Crippen MR) is 122 cm³/mol. The number of nitrogens with one attached hydrogen (secondary N) is 2. The second kappa shape index (κ2) is 11.1. The van der Waals surface area contributed by atoms with E-state index in [1.54, 1.807) is 6.92 Å². The quantitative estimate of drug-likeness (QED) is 0.288. The Morgan fingerprint density at radius 3 is 2.64 bits per heavy atom. The van der Waals surface area contributed by atoms with Crippen LogP contribution in [0.5, 0.6) is 0 Å². The maximum Gasteiger partial charge on any atom is 0.243 e. The zero-order chi connectivity index (χ0) is 24.1. The summed E-state index contributed by atoms with van der Waals surface area (Å²) in [6, 6.07) is 0.301. The highest BCUT2D eigenvalue weighted by atomic mass is 19.1. The molecule has 11 heteroatoms. The van der Waals surface area contributed by atoms with Gasteiger partial charge in [-0.1, -0.05) is 25.7 Å². The molecule has 33 heavy (non-hydrogen) atoms. The van der Waals surface area contributed by atoms with Crippen LogP contribution in [0.4, 0.5) is 16.0 Å². The number of halogens is 1. The Hall–Kier alpha value is -2.53. The van der Waals surface area contributed by atoms with Crippen molar-refractivity contribution in [1.29, 1.82) is 0 Å². The summed E-state index contributed by atoms with van der Waals surface area (Å²) in [6.45, 7) is 7.06. The Labute approximate surface area is 194 Å². The molecule has 1 saturated carbocycles. The number of amides is 2. The molecule has 0 radical (unpaired) electrons. The van der Waals surface area contributed by atoms with Crippen LogP contribution in [0.2, 0.25) is 0 Å². The molecule has 0 bridgehead atoms. The lowest BCUT2D eigenvalue weighted by atomic mass is 9.92. The molecule has 1 aliphatic carbocycles. The van der Waals surface area contributed by atoms with Gasteiger partial charge in [0.2, 0.25) is 18.1 Å². The number of hydrogen-bond donors (Lipinski definition) is 3. The number of aromatic nitrogens is 2. The normalized spacial score (nSPS) is 22.8. The van der Waals surface area contributed by atoms with E-state index in [1.807, 2.05) is 18.9 Å². The van der Waals surface area contributed by atoms with Gasteiger partial charge in [0, 0.05) is 25.2 Å². The first kappa shape index (κ1) is 25.1. The minimum absolute atomic E-state index is 0.0621. The number of likely N-dealkylation sites (N-methyl/N-ethyl adjacent to an activating group) is 1. The fourth-order valence-electron chi connectivity index (χ4n) is 4.82. The molecule has 1 aromatic heterocycles. The third-order valence-corrected chi connectivity index (χ3v) is 6.81. The van der Waals surface area contributed by atoms with E-state index in [-0.39, 0.29) is 36.7 Å². The number of piperazine rings is 1. The highest BCUT2D eigenvalue weighted by Crippen LogP contribution is 2.31. The van der Waals surface area contributed by atoms with Gasteiger partial charge in [0.25, 0.3) is 0 Å². The molecule has 2 heterocycles. The van der Waals surface area contributed by atoms with Crippen molar-refractivity contribution in [3.63, 3.8) is 0 Å². The zero-order valence-electron chi connectivity index (χ0n) is 19.9. The van der Waals surface area contributed by atoms with Gasteiger partial charge in [-0.25, -0.2) is 15.0 Å². The lowest BCUT2D eigenvalue weighted by molar-refractivity contribution is -0.154. The van der Waals surface area contributed by atoms with Gasteiger partial charge in [0.1, 0.15) is 5.82 Å². The molecular weight excluding hydrogens is 429 g/mol. The van der Waals surface area contributed by atoms with Gasteiger partial charge in [-0.2, -0.15) is 4.39 Å². The molecule has 0 spiro atoms. The highest BCUT2D eigenvalue weighted by Gasteiger charge is 2.31. The zero-order valence-corrected chi connectivity index (χ0v) is 19.9. The molecule has 2 fully saturated rings. The van der Waals surface area contributed by atoms with E-state index in [4.69, 9.17) is 0 Å². The van der Waals surface area contributed by atoms with Crippen LogP contribution in [0.1, 0.15) is 51.8 Å². The van der Waals surface area contributed by atoms with Crippen molar-refractivity contribution in [3.8, 4) is 0 Å². The van der Waals surface area contributed by atoms with Crippen LogP contribution in [0.3, 0.4) is 0 Å². The Balaban J connectivity index is 1.72. The Morgan fingerprint density at radius 2 is 1.97 bits per heavy atom. The van der Waals surface area contributed by atoms with Gasteiger partial charge in [-0.3, -0.25) is 30.5 Å².